The van der Waals surface area contributed by atoms with Crippen molar-refractivity contribution in [2.24, 2.45) is 5.73 Å². The van der Waals surface area contributed by atoms with E-state index < -0.39 is 11.7 Å². The number of nitriles is 1. The molecule has 0 aliphatic carbocycles. The number of aromatic nitrogens is 1. The molecule has 1 amide bonds. The van der Waals surface area contributed by atoms with Gasteiger partial charge in [0, 0.05) is 12.6 Å². The molecule has 0 unspecified atom stereocenters. The molecule has 0 aromatic carbocycles. The summed E-state index contributed by atoms with van der Waals surface area (Å²) in [6, 6.07) is 2.78. The van der Waals surface area contributed by atoms with Gasteiger partial charge < -0.3 is 5.73 Å². The Labute approximate surface area is 85.8 Å². The van der Waals surface area contributed by atoms with Gasteiger partial charge in [-0.15, -0.1) is 0 Å². The molecule has 2 N–H and O–H groups in total. The predicted molar refractivity (Wildman–Crippen MR) is 51.8 cm³/mol. The molecule has 0 spiro atoms. The van der Waals surface area contributed by atoms with Crippen molar-refractivity contribution < 1.29 is 9.18 Å². The normalized spacial score (nSPS) is 10.1. The maximum atomic E-state index is 13.0. The second-order valence-electron chi connectivity index (χ2n) is 2.78. The SMILES string of the molecule is N#Cc1ncc(C=CCC(N)=O)cc1F. The topological polar surface area (TPSA) is 79.8 Å². The Balaban J connectivity index is 2.81. The Morgan fingerprint density at radius 2 is 2.47 bits per heavy atom. The number of nitrogens with zero attached hydrogens (tertiary/aromatic N) is 2. The largest absolute Gasteiger partial charge is 0.369 e. The van der Waals surface area contributed by atoms with Gasteiger partial charge in [0.2, 0.25) is 5.91 Å². The van der Waals surface area contributed by atoms with Gasteiger partial charge in [-0.1, -0.05) is 12.2 Å². The second-order valence-corrected chi connectivity index (χ2v) is 2.78. The van der Waals surface area contributed by atoms with Crippen LogP contribution in [0.25, 0.3) is 6.08 Å². The van der Waals surface area contributed by atoms with Crippen molar-refractivity contribution in [1.29, 1.82) is 5.26 Å². The predicted octanol–water partition coefficient (Wildman–Crippen LogP) is 0.981. The summed E-state index contributed by atoms with van der Waals surface area (Å²) in [6.45, 7) is 0. The molecule has 1 rings (SSSR count). The maximum absolute atomic E-state index is 13.0. The number of pyridine rings is 1. The number of carbonyl (C=O) groups excluding carboxylic acids is 1. The van der Waals surface area contributed by atoms with E-state index in [1.165, 1.54) is 24.4 Å². The van der Waals surface area contributed by atoms with Crippen molar-refractivity contribution in [3.8, 4) is 6.07 Å². The first-order chi connectivity index (χ1) is 7.13. The molecule has 0 atom stereocenters. The lowest BCUT2D eigenvalue weighted by Crippen LogP contribution is -2.07. The van der Waals surface area contributed by atoms with E-state index in [9.17, 15) is 9.18 Å². The molecule has 0 saturated heterocycles. The number of hydrogen-bond donors (Lipinski definition) is 1. The number of primary amides is 1. The molecule has 15 heavy (non-hydrogen) atoms. The van der Waals surface area contributed by atoms with Gasteiger partial charge >= 0.3 is 0 Å². The summed E-state index contributed by atoms with van der Waals surface area (Å²) < 4.78 is 13.0. The van der Waals surface area contributed by atoms with Gasteiger partial charge in [-0.05, 0) is 11.6 Å². The fourth-order valence-corrected chi connectivity index (χ4v) is 0.937. The van der Waals surface area contributed by atoms with Crippen LogP contribution in [0.5, 0.6) is 0 Å². The lowest BCUT2D eigenvalue weighted by atomic mass is 10.2. The minimum absolute atomic E-state index is 0.0849. The van der Waals surface area contributed by atoms with Crippen LogP contribution < -0.4 is 5.73 Å². The van der Waals surface area contributed by atoms with Gasteiger partial charge in [0.25, 0.3) is 0 Å². The summed E-state index contributed by atoms with van der Waals surface area (Å²) in [5.74, 6) is -1.15. The molecule has 5 heteroatoms. The van der Waals surface area contributed by atoms with Crippen LogP contribution in [0.1, 0.15) is 17.7 Å². The smallest absolute Gasteiger partial charge is 0.221 e. The van der Waals surface area contributed by atoms with Gasteiger partial charge in [-0.3, -0.25) is 4.79 Å². The van der Waals surface area contributed by atoms with E-state index in [1.807, 2.05) is 0 Å². The molecule has 0 aliphatic rings. The molecule has 76 valence electrons. The second kappa shape index (κ2) is 4.86. The zero-order valence-electron chi connectivity index (χ0n) is 7.77. The van der Waals surface area contributed by atoms with Crippen molar-refractivity contribution in [1.82, 2.24) is 4.98 Å². The molecule has 1 aromatic rings. The highest BCUT2D eigenvalue weighted by molar-refractivity contribution is 5.76. The van der Waals surface area contributed by atoms with Crippen molar-refractivity contribution in [2.45, 2.75) is 6.42 Å². The summed E-state index contributed by atoms with van der Waals surface area (Å²) in [5, 5.41) is 8.43. The first kappa shape index (κ1) is 10.9. The van der Waals surface area contributed by atoms with Crippen molar-refractivity contribution in [2.75, 3.05) is 0 Å². The Morgan fingerprint density at radius 3 is 3.00 bits per heavy atom. The molecule has 1 heterocycles. The number of rotatable bonds is 3. The minimum atomic E-state index is -0.682. The monoisotopic (exact) mass is 205 g/mol. The first-order valence-corrected chi connectivity index (χ1v) is 4.14. The van der Waals surface area contributed by atoms with Gasteiger partial charge in [0.15, 0.2) is 11.5 Å². The number of hydrogen-bond acceptors (Lipinski definition) is 3. The van der Waals surface area contributed by atoms with Crippen LogP contribution >= 0.6 is 0 Å². The number of carbonyl (C=O) groups is 1. The molecule has 0 bridgehead atoms. The number of amides is 1. The van der Waals surface area contributed by atoms with E-state index in [4.69, 9.17) is 11.0 Å². The number of halogens is 1. The molecular weight excluding hydrogens is 197 g/mol. The average molecular weight is 205 g/mol. The van der Waals surface area contributed by atoms with Crippen LogP contribution in [0.2, 0.25) is 0 Å². The molecule has 4 nitrogen and oxygen atoms in total. The van der Waals surface area contributed by atoms with E-state index in [0.717, 1.165) is 0 Å². The third kappa shape index (κ3) is 3.19. The van der Waals surface area contributed by atoms with Crippen LogP contribution in [0.15, 0.2) is 18.3 Å². The van der Waals surface area contributed by atoms with Crippen molar-refractivity contribution in [3.63, 3.8) is 0 Å². The van der Waals surface area contributed by atoms with E-state index in [1.54, 1.807) is 6.07 Å². The fourth-order valence-electron chi connectivity index (χ4n) is 0.937. The summed E-state index contributed by atoms with van der Waals surface area (Å²) in [4.78, 5) is 14.0. The van der Waals surface area contributed by atoms with Crippen LogP contribution in [-0.4, -0.2) is 10.9 Å². The van der Waals surface area contributed by atoms with Crippen LogP contribution in [0.4, 0.5) is 4.39 Å². The van der Waals surface area contributed by atoms with Crippen LogP contribution in [0, 0.1) is 17.1 Å². The molecule has 0 fully saturated rings. The minimum Gasteiger partial charge on any atom is -0.369 e. The van der Waals surface area contributed by atoms with Crippen molar-refractivity contribution in [3.05, 3.63) is 35.4 Å². The van der Waals surface area contributed by atoms with E-state index >= 15 is 0 Å². The summed E-state index contributed by atoms with van der Waals surface area (Å²) in [7, 11) is 0. The fraction of sp³-hybridized carbons (Fsp3) is 0.100. The highest BCUT2D eigenvalue weighted by atomic mass is 19.1. The lowest BCUT2D eigenvalue weighted by molar-refractivity contribution is -0.117. The van der Waals surface area contributed by atoms with Gasteiger partial charge in [-0.2, -0.15) is 5.26 Å². The Kier molecular flexibility index (Phi) is 3.52. The summed E-state index contributed by atoms with van der Waals surface area (Å²) in [5.41, 5.74) is 5.14. The highest BCUT2D eigenvalue weighted by Crippen LogP contribution is 2.07. The lowest BCUT2D eigenvalue weighted by Gasteiger charge is -1.94. The van der Waals surface area contributed by atoms with Gasteiger partial charge in [0.05, 0.1) is 0 Å². The van der Waals surface area contributed by atoms with Crippen molar-refractivity contribution >= 4 is 12.0 Å². The zero-order valence-corrected chi connectivity index (χ0v) is 7.77. The third-order valence-electron chi connectivity index (χ3n) is 1.60. The first-order valence-electron chi connectivity index (χ1n) is 4.14. The third-order valence-corrected chi connectivity index (χ3v) is 1.60. The van der Waals surface area contributed by atoms with Gasteiger partial charge in [-0.25, -0.2) is 9.37 Å². The highest BCUT2D eigenvalue weighted by Gasteiger charge is 2.01. The summed E-state index contributed by atoms with van der Waals surface area (Å²) >= 11 is 0. The molecule has 0 saturated carbocycles. The molecule has 0 radical (unpaired) electrons. The average Bonchev–Trinajstić information content (AvgIpc) is 2.17. The molecule has 0 aliphatic heterocycles. The van der Waals surface area contributed by atoms with E-state index in [2.05, 4.69) is 4.98 Å². The van der Waals surface area contributed by atoms with Crippen LogP contribution in [0.3, 0.4) is 0 Å². The maximum Gasteiger partial charge on any atom is 0.221 e. The Morgan fingerprint density at radius 1 is 1.73 bits per heavy atom. The van der Waals surface area contributed by atoms with E-state index in [-0.39, 0.29) is 12.1 Å². The summed E-state index contributed by atoms with van der Waals surface area (Å²) in [6.07, 6.45) is 4.45. The van der Waals surface area contributed by atoms with Crippen LogP contribution in [-0.2, 0) is 4.79 Å². The van der Waals surface area contributed by atoms with E-state index in [0.29, 0.717) is 5.56 Å². The zero-order chi connectivity index (χ0) is 11.3. The number of nitrogens with two attached hydrogens (primary N) is 1. The Hall–Kier alpha value is -2.22. The quantitative estimate of drug-likeness (QED) is 0.798. The Bertz CT molecular complexity index is 448. The van der Waals surface area contributed by atoms with Gasteiger partial charge in [0.1, 0.15) is 6.07 Å². The molecular formula is C10H8FN3O. The standard InChI is InChI=1S/C10H8FN3O/c11-8-4-7(2-1-3-10(13)15)6-14-9(8)5-12/h1-2,4,6H,3H2,(H2,13,15). The molecule has 1 aromatic heterocycles.